The molecule has 162 valence electrons. The van der Waals surface area contributed by atoms with Gasteiger partial charge in [-0.15, -0.1) is 10.2 Å². The van der Waals surface area contributed by atoms with Crippen LogP contribution in [0.3, 0.4) is 0 Å². The average Bonchev–Trinajstić information content (AvgIpc) is 2.98. The van der Waals surface area contributed by atoms with Crippen LogP contribution in [0.4, 0.5) is 27.8 Å². The highest BCUT2D eigenvalue weighted by molar-refractivity contribution is 5.74. The quantitative estimate of drug-likeness (QED) is 0.710. The van der Waals surface area contributed by atoms with Crippen molar-refractivity contribution in [3.05, 3.63) is 34.9 Å². The van der Waals surface area contributed by atoms with Crippen molar-refractivity contribution in [2.45, 2.75) is 43.8 Å². The molecule has 1 aliphatic heterocycles. The van der Waals surface area contributed by atoms with E-state index in [0.717, 1.165) is 31.5 Å². The number of alkyl halides is 5. The first-order valence-corrected chi connectivity index (χ1v) is 9.70. The Morgan fingerprint density at radius 3 is 2.67 bits per heavy atom. The molecule has 1 atom stereocenters. The van der Waals surface area contributed by atoms with Crippen molar-refractivity contribution in [1.29, 1.82) is 0 Å². The molecule has 0 saturated carbocycles. The van der Waals surface area contributed by atoms with E-state index in [2.05, 4.69) is 20.4 Å². The third-order valence-electron chi connectivity index (χ3n) is 5.67. The van der Waals surface area contributed by atoms with E-state index < -0.39 is 29.8 Å². The second kappa shape index (κ2) is 7.33. The number of hydrogen-bond donors (Lipinski definition) is 2. The molecule has 30 heavy (non-hydrogen) atoms. The van der Waals surface area contributed by atoms with Gasteiger partial charge in [-0.3, -0.25) is 0 Å². The minimum Gasteiger partial charge on any atom is -0.507 e. The molecule has 1 aromatic carbocycles. The number of rotatable bonds is 3. The molecule has 0 amide bonds. The van der Waals surface area contributed by atoms with Crippen LogP contribution < -0.4 is 5.32 Å². The lowest BCUT2D eigenvalue weighted by molar-refractivity contribution is -0.137. The van der Waals surface area contributed by atoms with Gasteiger partial charge in [0.2, 0.25) is 0 Å². The van der Waals surface area contributed by atoms with Gasteiger partial charge < -0.3 is 15.3 Å². The van der Waals surface area contributed by atoms with E-state index in [4.69, 9.17) is 0 Å². The van der Waals surface area contributed by atoms with E-state index in [0.29, 0.717) is 12.6 Å². The maximum Gasteiger partial charge on any atom is 0.416 e. The van der Waals surface area contributed by atoms with Crippen molar-refractivity contribution in [3.63, 3.8) is 0 Å². The molecule has 2 heterocycles. The number of piperidine rings is 1. The molecule has 5 nitrogen and oxygen atoms in total. The van der Waals surface area contributed by atoms with Crippen molar-refractivity contribution < 1.29 is 27.1 Å². The molecule has 2 aliphatic rings. The van der Waals surface area contributed by atoms with Crippen LogP contribution in [0.25, 0.3) is 11.3 Å². The number of halogens is 5. The second-order valence-corrected chi connectivity index (χ2v) is 7.93. The van der Waals surface area contributed by atoms with E-state index >= 15 is 0 Å². The Hall–Kier alpha value is -2.49. The van der Waals surface area contributed by atoms with Crippen LogP contribution in [0.15, 0.2) is 18.2 Å². The number of hydrogen-bond acceptors (Lipinski definition) is 5. The van der Waals surface area contributed by atoms with Gasteiger partial charge in [0, 0.05) is 24.6 Å². The fourth-order valence-corrected chi connectivity index (χ4v) is 4.22. The van der Waals surface area contributed by atoms with Gasteiger partial charge in [0.1, 0.15) is 11.4 Å². The second-order valence-electron chi connectivity index (χ2n) is 7.93. The molecular formula is C20H21F5N4O. The van der Waals surface area contributed by atoms with E-state index in [1.54, 1.807) is 0 Å². The highest BCUT2D eigenvalue weighted by Gasteiger charge is 2.45. The summed E-state index contributed by atoms with van der Waals surface area (Å²) in [6.07, 6.45) is -3.33. The molecule has 0 unspecified atom stereocenters. The molecule has 2 N–H and O–H groups in total. The summed E-state index contributed by atoms with van der Waals surface area (Å²) in [5.41, 5.74) is -1.16. The Morgan fingerprint density at radius 1 is 1.23 bits per heavy atom. The number of aromatic nitrogens is 2. The third-order valence-corrected chi connectivity index (χ3v) is 5.67. The van der Waals surface area contributed by atoms with Crippen LogP contribution >= 0.6 is 0 Å². The molecule has 1 saturated heterocycles. The van der Waals surface area contributed by atoms with Crippen LogP contribution in [0.1, 0.15) is 36.0 Å². The van der Waals surface area contributed by atoms with Crippen molar-refractivity contribution >= 4 is 5.82 Å². The van der Waals surface area contributed by atoms with Gasteiger partial charge >= 0.3 is 6.18 Å². The van der Waals surface area contributed by atoms with Gasteiger partial charge in [0.05, 0.1) is 11.1 Å². The first kappa shape index (κ1) is 20.8. The minimum absolute atomic E-state index is 0.00273. The predicted octanol–water partition coefficient (Wildman–Crippen LogP) is 4.41. The van der Waals surface area contributed by atoms with Gasteiger partial charge in [0.15, 0.2) is 5.82 Å². The Morgan fingerprint density at radius 2 is 2.00 bits per heavy atom. The molecular weight excluding hydrogens is 407 g/mol. The summed E-state index contributed by atoms with van der Waals surface area (Å²) >= 11 is 0. The van der Waals surface area contributed by atoms with Gasteiger partial charge in [-0.05, 0) is 56.6 Å². The normalized spacial score (nSPS) is 21.5. The summed E-state index contributed by atoms with van der Waals surface area (Å²) in [6, 6.07) is 2.35. The van der Waals surface area contributed by atoms with Crippen molar-refractivity contribution in [3.8, 4) is 17.0 Å². The first-order valence-electron chi connectivity index (χ1n) is 9.70. The summed E-state index contributed by atoms with van der Waals surface area (Å²) in [5.74, 6) is -3.81. The van der Waals surface area contributed by atoms with Crippen molar-refractivity contribution in [2.75, 3.05) is 25.5 Å². The number of anilines is 1. The number of aromatic hydroxyl groups is 1. The zero-order chi connectivity index (χ0) is 21.7. The third kappa shape index (κ3) is 3.80. The van der Waals surface area contributed by atoms with E-state index in [-0.39, 0.29) is 40.7 Å². The SMILES string of the molecule is CN1CCC[C@@H](Nc2nnc(-c3ccc(C(F)(F)F)cc3O)c3c2C(F)(F)CC3)C1. The summed E-state index contributed by atoms with van der Waals surface area (Å²) in [5, 5.41) is 21.2. The average molecular weight is 428 g/mol. The molecule has 0 radical (unpaired) electrons. The number of benzene rings is 1. The Balaban J connectivity index is 1.74. The van der Waals surface area contributed by atoms with Crippen LogP contribution in [-0.4, -0.2) is 46.4 Å². The molecule has 2 aromatic rings. The lowest BCUT2D eigenvalue weighted by Crippen LogP contribution is -2.40. The number of nitrogens with one attached hydrogen (secondary N) is 1. The van der Waals surface area contributed by atoms with E-state index in [1.807, 2.05) is 7.05 Å². The number of phenolic OH excluding ortho intramolecular Hbond substituents is 1. The summed E-state index contributed by atoms with van der Waals surface area (Å²) in [4.78, 5) is 2.10. The Kier molecular flexibility index (Phi) is 5.08. The lowest BCUT2D eigenvalue weighted by Gasteiger charge is -2.31. The molecule has 0 bridgehead atoms. The summed E-state index contributed by atoms with van der Waals surface area (Å²) < 4.78 is 68.1. The number of likely N-dealkylation sites (N-methyl/N-ethyl adjacent to an activating group) is 1. The topological polar surface area (TPSA) is 61.3 Å². The molecule has 1 fully saturated rings. The van der Waals surface area contributed by atoms with Gasteiger partial charge in [0.25, 0.3) is 5.92 Å². The molecule has 10 heteroatoms. The van der Waals surface area contributed by atoms with Crippen LogP contribution in [0.2, 0.25) is 0 Å². The highest BCUT2D eigenvalue weighted by atomic mass is 19.4. The molecule has 1 aliphatic carbocycles. The minimum atomic E-state index is -4.63. The van der Waals surface area contributed by atoms with E-state index in [1.165, 1.54) is 0 Å². The fourth-order valence-electron chi connectivity index (χ4n) is 4.22. The van der Waals surface area contributed by atoms with Crippen LogP contribution in [-0.2, 0) is 18.5 Å². The van der Waals surface area contributed by atoms with Crippen LogP contribution in [0.5, 0.6) is 5.75 Å². The fraction of sp³-hybridized carbons (Fsp3) is 0.500. The standard InChI is InChI=1S/C20H21F5N4O/c1-29-8-2-3-12(10-29)26-18-16-14(6-7-19(16,21)22)17(27-28-18)13-5-4-11(9-15(13)30)20(23,24)25/h4-5,9,12,30H,2-3,6-8,10H2,1H3,(H,26,28)/t12-/m1/s1. The summed E-state index contributed by atoms with van der Waals surface area (Å²) in [7, 11) is 1.95. The molecule has 0 spiro atoms. The Labute approximate surface area is 169 Å². The lowest BCUT2D eigenvalue weighted by atomic mass is 10.00. The number of likely N-dealkylation sites (tertiary alicyclic amines) is 1. The molecule has 1 aromatic heterocycles. The van der Waals surface area contributed by atoms with Gasteiger partial charge in [-0.1, -0.05) is 0 Å². The first-order chi connectivity index (χ1) is 14.1. The maximum atomic E-state index is 14.7. The maximum absolute atomic E-state index is 14.7. The summed E-state index contributed by atoms with van der Waals surface area (Å²) in [6.45, 7) is 1.62. The highest BCUT2D eigenvalue weighted by Crippen LogP contribution is 2.48. The number of nitrogens with zero attached hydrogens (tertiary/aromatic N) is 3. The zero-order valence-electron chi connectivity index (χ0n) is 16.2. The predicted molar refractivity (Wildman–Crippen MR) is 100 cm³/mol. The van der Waals surface area contributed by atoms with Gasteiger partial charge in [-0.25, -0.2) is 8.78 Å². The van der Waals surface area contributed by atoms with E-state index in [9.17, 15) is 27.1 Å². The smallest absolute Gasteiger partial charge is 0.416 e. The van der Waals surface area contributed by atoms with Crippen LogP contribution in [0, 0.1) is 0 Å². The van der Waals surface area contributed by atoms with Crippen molar-refractivity contribution in [2.24, 2.45) is 0 Å². The van der Waals surface area contributed by atoms with Crippen molar-refractivity contribution in [1.82, 2.24) is 15.1 Å². The zero-order valence-corrected chi connectivity index (χ0v) is 16.2. The van der Waals surface area contributed by atoms with Gasteiger partial charge in [-0.2, -0.15) is 13.2 Å². The number of phenols is 1. The monoisotopic (exact) mass is 428 g/mol. The Bertz CT molecular complexity index is 963. The number of fused-ring (bicyclic) bond motifs is 1. The largest absolute Gasteiger partial charge is 0.507 e. The molecule has 4 rings (SSSR count).